The van der Waals surface area contributed by atoms with Gasteiger partial charge < -0.3 is 14.6 Å². The number of unbranched alkanes of at least 4 members (excludes halogenated alkanes) is 6. The molecule has 29 heavy (non-hydrogen) atoms. The van der Waals surface area contributed by atoms with Gasteiger partial charge in [-0.15, -0.1) is 0 Å². The topological polar surface area (TPSA) is 79.5 Å². The first-order chi connectivity index (χ1) is 13.8. The summed E-state index contributed by atoms with van der Waals surface area (Å²) in [5.41, 5.74) is 4.02. The van der Waals surface area contributed by atoms with Crippen LogP contribution in [0, 0.1) is 32.1 Å². The van der Waals surface area contributed by atoms with Gasteiger partial charge in [0.15, 0.2) is 6.61 Å². The van der Waals surface area contributed by atoms with Gasteiger partial charge in [0.1, 0.15) is 17.1 Å². The van der Waals surface area contributed by atoms with Gasteiger partial charge in [-0.25, -0.2) is 4.79 Å². The van der Waals surface area contributed by atoms with Gasteiger partial charge in [-0.1, -0.05) is 25.7 Å². The van der Waals surface area contributed by atoms with Crippen LogP contribution in [-0.4, -0.2) is 23.3 Å². The van der Waals surface area contributed by atoms with E-state index in [2.05, 4.69) is 13.0 Å². The van der Waals surface area contributed by atoms with E-state index in [1.165, 1.54) is 19.3 Å². The first-order valence-corrected chi connectivity index (χ1v) is 10.8. The third-order valence-corrected chi connectivity index (χ3v) is 6.15. The van der Waals surface area contributed by atoms with Crippen molar-refractivity contribution < 1.29 is 19.4 Å². The molecule has 0 aromatic heterocycles. The van der Waals surface area contributed by atoms with E-state index in [1.54, 1.807) is 0 Å². The van der Waals surface area contributed by atoms with Crippen molar-refractivity contribution in [3.05, 3.63) is 22.3 Å². The Morgan fingerprint density at radius 2 is 1.76 bits per heavy atom. The van der Waals surface area contributed by atoms with Crippen LogP contribution in [-0.2, 0) is 11.2 Å². The molecular weight excluding hydrogens is 366 g/mol. The Kier molecular flexibility index (Phi) is 8.37. The molecular formula is C24H35NO4. The lowest BCUT2D eigenvalue weighted by Gasteiger charge is -2.38. The molecule has 5 nitrogen and oxygen atoms in total. The van der Waals surface area contributed by atoms with Crippen LogP contribution < -0.4 is 9.47 Å². The van der Waals surface area contributed by atoms with E-state index >= 15 is 0 Å². The number of nitrogens with zero attached hydrogens (tertiary/aromatic N) is 1. The zero-order valence-corrected chi connectivity index (χ0v) is 18.4. The lowest BCUT2D eigenvalue weighted by atomic mass is 9.84. The van der Waals surface area contributed by atoms with Crippen LogP contribution in [0.5, 0.6) is 11.5 Å². The number of rotatable bonds is 11. The van der Waals surface area contributed by atoms with Gasteiger partial charge in [0.05, 0.1) is 6.07 Å². The number of nitriles is 1. The number of carboxylic acids is 1. The molecule has 0 aliphatic carbocycles. The highest BCUT2D eigenvalue weighted by Gasteiger charge is 2.34. The van der Waals surface area contributed by atoms with Crippen molar-refractivity contribution in [1.29, 1.82) is 5.26 Å². The van der Waals surface area contributed by atoms with E-state index in [1.807, 2.05) is 20.8 Å². The summed E-state index contributed by atoms with van der Waals surface area (Å²) in [7, 11) is 0. The van der Waals surface area contributed by atoms with Crippen LogP contribution >= 0.6 is 0 Å². The molecule has 0 spiro atoms. The lowest BCUT2D eigenvalue weighted by molar-refractivity contribution is -0.139. The fourth-order valence-electron chi connectivity index (χ4n) is 4.22. The summed E-state index contributed by atoms with van der Waals surface area (Å²) in [6, 6.07) is 2.20. The predicted molar refractivity (Wildman–Crippen MR) is 114 cm³/mol. The number of carbonyl (C=O) groups is 1. The summed E-state index contributed by atoms with van der Waals surface area (Å²) in [5.74, 6) is 0.688. The molecule has 0 unspecified atom stereocenters. The zero-order valence-electron chi connectivity index (χ0n) is 18.4. The Bertz CT molecular complexity index is 765. The normalized spacial score (nSPS) is 17.9. The number of hydrogen-bond donors (Lipinski definition) is 1. The van der Waals surface area contributed by atoms with Gasteiger partial charge in [0, 0.05) is 12.0 Å². The Labute approximate surface area is 175 Å². The van der Waals surface area contributed by atoms with Crippen molar-refractivity contribution in [1.82, 2.24) is 0 Å². The highest BCUT2D eigenvalue weighted by atomic mass is 16.5. The van der Waals surface area contributed by atoms with Crippen LogP contribution in [0.2, 0.25) is 0 Å². The van der Waals surface area contributed by atoms with Crippen LogP contribution in [0.15, 0.2) is 0 Å². The quantitative estimate of drug-likeness (QED) is 0.474. The molecule has 0 saturated carbocycles. The average Bonchev–Trinajstić information content (AvgIpc) is 2.68. The maximum absolute atomic E-state index is 10.9. The van der Waals surface area contributed by atoms with Gasteiger partial charge >= 0.3 is 5.97 Å². The number of aliphatic carboxylic acids is 1. The lowest BCUT2D eigenvalue weighted by Crippen LogP contribution is -2.37. The second-order valence-corrected chi connectivity index (χ2v) is 8.53. The molecule has 160 valence electrons. The third-order valence-electron chi connectivity index (χ3n) is 6.15. The smallest absolute Gasteiger partial charge is 0.341 e. The Morgan fingerprint density at radius 3 is 2.41 bits per heavy atom. The van der Waals surface area contributed by atoms with Crippen LogP contribution in [0.4, 0.5) is 0 Å². The molecule has 1 aliphatic heterocycles. The van der Waals surface area contributed by atoms with Crippen molar-refractivity contribution in [3.8, 4) is 17.6 Å². The molecule has 1 heterocycles. The van der Waals surface area contributed by atoms with E-state index in [4.69, 9.17) is 19.8 Å². The molecule has 0 radical (unpaired) electrons. The molecule has 0 amide bonds. The Balaban J connectivity index is 1.97. The predicted octanol–water partition coefficient (Wildman–Crippen LogP) is 5.80. The molecule has 5 heteroatoms. The highest BCUT2D eigenvalue weighted by molar-refractivity contribution is 5.69. The van der Waals surface area contributed by atoms with Gasteiger partial charge in [0.25, 0.3) is 0 Å². The van der Waals surface area contributed by atoms with Crippen molar-refractivity contribution >= 4 is 5.97 Å². The first-order valence-electron chi connectivity index (χ1n) is 10.8. The summed E-state index contributed by atoms with van der Waals surface area (Å²) in [6.45, 7) is 7.90. The molecule has 0 bridgehead atoms. The van der Waals surface area contributed by atoms with E-state index in [-0.39, 0.29) is 12.2 Å². The number of benzene rings is 1. The minimum atomic E-state index is -0.965. The molecule has 2 rings (SSSR count). The maximum atomic E-state index is 10.9. The van der Waals surface area contributed by atoms with Gasteiger partial charge in [-0.3, -0.25) is 0 Å². The monoisotopic (exact) mass is 401 g/mol. The second kappa shape index (κ2) is 10.5. The Hall–Kier alpha value is -2.22. The second-order valence-electron chi connectivity index (χ2n) is 8.53. The minimum absolute atomic E-state index is 0.152. The number of fused-ring (bicyclic) bond motifs is 1. The molecule has 1 aromatic rings. The SMILES string of the molecule is Cc1c(C)c2c(c(C)c1OCC(=O)O)CC[C@@](C)(CCCCCCCCC#N)O2. The van der Waals surface area contributed by atoms with Crippen molar-refractivity contribution in [2.24, 2.45) is 0 Å². The van der Waals surface area contributed by atoms with Crippen molar-refractivity contribution in [2.75, 3.05) is 6.61 Å². The van der Waals surface area contributed by atoms with Gasteiger partial charge in [0.2, 0.25) is 0 Å². The Morgan fingerprint density at radius 1 is 1.10 bits per heavy atom. The standard InChI is InChI=1S/C24H35NO4/c1-17-18(2)23-20(19(3)22(17)28-16-21(26)27)12-14-24(4,29-23)13-10-8-6-5-7-9-11-15-25/h5-14,16H2,1-4H3,(H,26,27)/t24-/m1/s1. The van der Waals surface area contributed by atoms with Gasteiger partial charge in [-0.05, 0) is 76.5 Å². The summed E-state index contributed by atoms with van der Waals surface area (Å²) >= 11 is 0. The number of hydrogen-bond acceptors (Lipinski definition) is 4. The molecule has 1 N–H and O–H groups in total. The van der Waals surface area contributed by atoms with Crippen LogP contribution in [0.25, 0.3) is 0 Å². The average molecular weight is 402 g/mol. The zero-order chi connectivity index (χ0) is 21.4. The van der Waals surface area contributed by atoms with E-state index in [9.17, 15) is 4.79 Å². The first kappa shape index (κ1) is 23.1. The van der Waals surface area contributed by atoms with E-state index in [0.717, 1.165) is 66.5 Å². The van der Waals surface area contributed by atoms with Crippen LogP contribution in [0.3, 0.4) is 0 Å². The fourth-order valence-corrected chi connectivity index (χ4v) is 4.22. The maximum Gasteiger partial charge on any atom is 0.341 e. The molecule has 0 saturated heterocycles. The third kappa shape index (κ3) is 6.13. The van der Waals surface area contributed by atoms with Crippen LogP contribution in [0.1, 0.15) is 87.0 Å². The molecule has 1 aliphatic rings. The highest BCUT2D eigenvalue weighted by Crippen LogP contribution is 2.44. The molecule has 0 fully saturated rings. The summed E-state index contributed by atoms with van der Waals surface area (Å²) < 4.78 is 12.1. The van der Waals surface area contributed by atoms with Crippen molar-refractivity contribution in [2.45, 2.75) is 97.5 Å². The number of carboxylic acid groups (broad SMARTS) is 1. The van der Waals surface area contributed by atoms with E-state index < -0.39 is 5.97 Å². The fraction of sp³-hybridized carbons (Fsp3) is 0.667. The summed E-state index contributed by atoms with van der Waals surface area (Å²) in [5, 5.41) is 17.5. The molecule has 1 aromatic carbocycles. The van der Waals surface area contributed by atoms with E-state index in [0.29, 0.717) is 12.2 Å². The molecule has 1 atom stereocenters. The number of ether oxygens (including phenoxy) is 2. The minimum Gasteiger partial charge on any atom is -0.487 e. The summed E-state index contributed by atoms with van der Waals surface area (Å²) in [6.07, 6.45) is 10.6. The summed E-state index contributed by atoms with van der Waals surface area (Å²) in [4.78, 5) is 10.9. The van der Waals surface area contributed by atoms with Gasteiger partial charge in [-0.2, -0.15) is 5.26 Å². The largest absolute Gasteiger partial charge is 0.487 e. The van der Waals surface area contributed by atoms with Crippen molar-refractivity contribution in [3.63, 3.8) is 0 Å².